The number of benzene rings is 3. The minimum absolute atomic E-state index is 0.194. The molecule has 0 aliphatic carbocycles. The Labute approximate surface area is 256 Å². The van der Waals surface area contributed by atoms with Crippen molar-refractivity contribution in [2.24, 2.45) is 5.10 Å². The van der Waals surface area contributed by atoms with Crippen LogP contribution in [0.4, 0.5) is 0 Å². The summed E-state index contributed by atoms with van der Waals surface area (Å²) in [5.41, 5.74) is 6.69. The molecule has 0 unspecified atom stereocenters. The van der Waals surface area contributed by atoms with Gasteiger partial charge in [-0.1, -0.05) is 26.0 Å². The molecule has 3 aromatic carbocycles. The smallest absolute Gasteiger partial charge is 0.344 e. The maximum absolute atomic E-state index is 13.9. The van der Waals surface area contributed by atoms with Crippen LogP contribution in [0.15, 0.2) is 76.6 Å². The van der Waals surface area contributed by atoms with E-state index in [2.05, 4.69) is 18.4 Å². The summed E-state index contributed by atoms with van der Waals surface area (Å²) in [4.78, 5) is 29.9. The van der Waals surface area contributed by atoms with Crippen molar-refractivity contribution < 1.29 is 19.4 Å². The van der Waals surface area contributed by atoms with Crippen molar-refractivity contribution in [2.45, 2.75) is 53.6 Å². The zero-order valence-electron chi connectivity index (χ0n) is 26.0. The van der Waals surface area contributed by atoms with Crippen LogP contribution in [0.2, 0.25) is 0 Å². The maximum atomic E-state index is 13.9. The molecule has 0 aliphatic rings. The third kappa shape index (κ3) is 5.73. The van der Waals surface area contributed by atoms with E-state index in [-0.39, 0.29) is 11.5 Å². The molecule has 2 aromatic heterocycles. The molecule has 0 amide bonds. The number of hydrogen-bond donors (Lipinski definition) is 1. The summed E-state index contributed by atoms with van der Waals surface area (Å²) >= 11 is 0. The highest BCUT2D eigenvalue weighted by Crippen LogP contribution is 2.34. The van der Waals surface area contributed by atoms with E-state index in [4.69, 9.17) is 24.7 Å². The fourth-order valence-electron chi connectivity index (χ4n) is 5.34. The van der Waals surface area contributed by atoms with Gasteiger partial charge in [-0.15, -0.1) is 0 Å². The molecule has 226 valence electrons. The van der Waals surface area contributed by atoms with Crippen LogP contribution in [0.1, 0.15) is 54.8 Å². The molecular formula is C35H36N4O5. The summed E-state index contributed by atoms with van der Waals surface area (Å²) in [5.74, 6) is 0.884. The molecule has 0 bridgehead atoms. The van der Waals surface area contributed by atoms with Gasteiger partial charge < -0.3 is 19.1 Å². The molecule has 44 heavy (non-hydrogen) atoms. The molecule has 5 aromatic rings. The average molecular weight is 593 g/mol. The van der Waals surface area contributed by atoms with Gasteiger partial charge in [0.05, 0.1) is 24.2 Å². The highest BCUT2D eigenvalue weighted by molar-refractivity contribution is 5.84. The number of para-hydroxylation sites is 1. The highest BCUT2D eigenvalue weighted by atomic mass is 16.5. The molecule has 5 rings (SSSR count). The first-order valence-corrected chi connectivity index (χ1v) is 14.4. The zero-order valence-corrected chi connectivity index (χ0v) is 26.0. The lowest BCUT2D eigenvalue weighted by atomic mass is 9.96. The van der Waals surface area contributed by atoms with Crippen LogP contribution in [-0.2, 0) is 4.79 Å². The summed E-state index contributed by atoms with van der Waals surface area (Å²) in [7, 11) is 1.66. The molecule has 9 heteroatoms. The summed E-state index contributed by atoms with van der Waals surface area (Å²) < 4.78 is 14.6. The molecule has 1 atom stereocenters. The Bertz CT molecular complexity index is 1950. The molecule has 0 radical (unpaired) electrons. The first kappa shape index (κ1) is 30.3. The van der Waals surface area contributed by atoms with Crippen LogP contribution >= 0.6 is 0 Å². The van der Waals surface area contributed by atoms with Crippen molar-refractivity contribution in [3.8, 4) is 28.6 Å². The van der Waals surface area contributed by atoms with E-state index in [9.17, 15) is 9.59 Å². The van der Waals surface area contributed by atoms with E-state index in [1.807, 2.05) is 69.3 Å². The van der Waals surface area contributed by atoms with E-state index in [0.717, 1.165) is 45.1 Å². The maximum Gasteiger partial charge on any atom is 0.344 e. The van der Waals surface area contributed by atoms with Crippen LogP contribution in [0, 0.1) is 20.8 Å². The molecule has 0 fully saturated rings. The third-order valence-corrected chi connectivity index (χ3v) is 7.73. The van der Waals surface area contributed by atoms with Gasteiger partial charge in [0, 0.05) is 28.2 Å². The van der Waals surface area contributed by atoms with Gasteiger partial charge in [-0.05, 0) is 99.3 Å². The second kappa shape index (κ2) is 12.2. The van der Waals surface area contributed by atoms with Gasteiger partial charge >= 0.3 is 5.97 Å². The monoisotopic (exact) mass is 592 g/mol. The van der Waals surface area contributed by atoms with E-state index < -0.39 is 12.1 Å². The largest absolute Gasteiger partial charge is 0.496 e. The molecular weight excluding hydrogens is 556 g/mol. The number of carboxylic acids is 1. The summed E-state index contributed by atoms with van der Waals surface area (Å²) in [5, 5.41) is 14.3. The normalized spacial score (nSPS) is 12.3. The number of carboxylic acid groups (broad SMARTS) is 1. The third-order valence-electron chi connectivity index (χ3n) is 7.73. The predicted molar refractivity (Wildman–Crippen MR) is 173 cm³/mol. The number of aliphatic carboxylic acids is 1. The number of methoxy groups -OCH3 is 1. The van der Waals surface area contributed by atoms with Crippen LogP contribution in [0.25, 0.3) is 28.0 Å². The second-order valence-corrected chi connectivity index (χ2v) is 11.1. The van der Waals surface area contributed by atoms with Gasteiger partial charge in [0.15, 0.2) is 11.9 Å². The molecule has 2 heterocycles. The van der Waals surface area contributed by atoms with Crippen molar-refractivity contribution in [1.82, 2.24) is 14.2 Å². The number of fused-ring (bicyclic) bond motifs is 1. The first-order chi connectivity index (χ1) is 21.0. The van der Waals surface area contributed by atoms with Gasteiger partial charge in [-0.2, -0.15) is 9.78 Å². The number of carbonyl (C=O) groups is 1. The van der Waals surface area contributed by atoms with Crippen molar-refractivity contribution in [2.75, 3.05) is 7.11 Å². The van der Waals surface area contributed by atoms with Crippen molar-refractivity contribution in [3.63, 3.8) is 0 Å². The first-order valence-electron chi connectivity index (χ1n) is 14.4. The number of hydrogen-bond acceptors (Lipinski definition) is 6. The Morgan fingerprint density at radius 2 is 1.70 bits per heavy atom. The number of nitrogens with zero attached hydrogens (tertiary/aromatic N) is 4. The van der Waals surface area contributed by atoms with Gasteiger partial charge in [0.1, 0.15) is 11.5 Å². The summed E-state index contributed by atoms with van der Waals surface area (Å²) in [6, 6.07) is 20.6. The number of aryl methyl sites for hydroxylation is 2. The highest BCUT2D eigenvalue weighted by Gasteiger charge is 2.19. The lowest BCUT2D eigenvalue weighted by Gasteiger charge is -2.17. The number of rotatable bonds is 9. The topological polar surface area (TPSA) is 108 Å². The van der Waals surface area contributed by atoms with E-state index in [1.54, 1.807) is 31.5 Å². The lowest BCUT2D eigenvalue weighted by Crippen LogP contribution is -2.22. The van der Waals surface area contributed by atoms with Gasteiger partial charge in [-0.3, -0.25) is 4.79 Å². The van der Waals surface area contributed by atoms with Gasteiger partial charge in [0.2, 0.25) is 0 Å². The standard InChI is InChI=1S/C35H36N4O5/c1-20(2)29-18-30(21(3)16-32(29)43-7)33-37-31-11-9-8-10-28(31)34(40)39(33)36-19-25-17-22(4)38(23(25)5)26-12-14-27(15-13-26)44-24(6)35(41)42/h8-20,24H,1-7H3,(H,41,42)/t24-/m0/s1. The molecule has 9 nitrogen and oxygen atoms in total. The summed E-state index contributed by atoms with van der Waals surface area (Å²) in [6.45, 7) is 11.6. The van der Waals surface area contributed by atoms with Crippen LogP contribution in [0.5, 0.6) is 11.5 Å². The predicted octanol–water partition coefficient (Wildman–Crippen LogP) is 6.65. The number of ether oxygens (including phenoxy) is 2. The Hall–Kier alpha value is -5.18. The van der Waals surface area contributed by atoms with E-state index in [0.29, 0.717) is 22.5 Å². The second-order valence-electron chi connectivity index (χ2n) is 11.1. The van der Waals surface area contributed by atoms with Crippen molar-refractivity contribution in [3.05, 3.63) is 105 Å². The van der Waals surface area contributed by atoms with Gasteiger partial charge in [0.25, 0.3) is 5.56 Å². The Kier molecular flexibility index (Phi) is 8.40. The Morgan fingerprint density at radius 1 is 1.00 bits per heavy atom. The zero-order chi connectivity index (χ0) is 31.7. The van der Waals surface area contributed by atoms with Crippen LogP contribution in [0.3, 0.4) is 0 Å². The Balaban J connectivity index is 1.60. The molecule has 0 spiro atoms. The SMILES string of the molecule is COc1cc(C)c(-c2nc3ccccc3c(=O)n2N=Cc2cc(C)n(-c3ccc(O[C@@H](C)C(=O)O)cc3)c2C)cc1C(C)C. The minimum Gasteiger partial charge on any atom is -0.496 e. The molecule has 0 saturated heterocycles. The Morgan fingerprint density at radius 3 is 2.36 bits per heavy atom. The molecule has 0 aliphatic heterocycles. The fraction of sp³-hybridized carbons (Fsp3) is 0.257. The molecule has 0 saturated carbocycles. The summed E-state index contributed by atoms with van der Waals surface area (Å²) in [6.07, 6.45) is 0.740. The minimum atomic E-state index is -1.03. The van der Waals surface area contributed by atoms with Crippen molar-refractivity contribution >= 4 is 23.1 Å². The molecule has 1 N–H and O–H groups in total. The van der Waals surface area contributed by atoms with Gasteiger partial charge in [-0.25, -0.2) is 9.78 Å². The van der Waals surface area contributed by atoms with Crippen molar-refractivity contribution in [1.29, 1.82) is 0 Å². The van der Waals surface area contributed by atoms with E-state index in [1.165, 1.54) is 11.6 Å². The average Bonchev–Trinajstić information content (AvgIpc) is 3.28. The lowest BCUT2D eigenvalue weighted by molar-refractivity contribution is -0.144. The van der Waals surface area contributed by atoms with Crippen LogP contribution in [-0.4, -0.2) is 44.7 Å². The number of aromatic nitrogens is 3. The fourth-order valence-corrected chi connectivity index (χ4v) is 5.34. The van der Waals surface area contributed by atoms with Crippen LogP contribution < -0.4 is 15.0 Å². The quantitative estimate of drug-likeness (QED) is 0.192. The van der Waals surface area contributed by atoms with E-state index >= 15 is 0 Å².